The first-order valence-electron chi connectivity index (χ1n) is 6.27. The van der Waals surface area contributed by atoms with Gasteiger partial charge < -0.3 is 10.1 Å². The summed E-state index contributed by atoms with van der Waals surface area (Å²) < 4.78 is 5.64. The summed E-state index contributed by atoms with van der Waals surface area (Å²) in [6.45, 7) is 3.48. The molecule has 0 unspecified atom stereocenters. The highest BCUT2D eigenvalue weighted by atomic mass is 16.6. The van der Waals surface area contributed by atoms with Gasteiger partial charge in [-0.25, -0.2) is 4.98 Å². The average Bonchev–Trinajstić information content (AvgIpc) is 2.46. The van der Waals surface area contributed by atoms with Crippen LogP contribution in [0.3, 0.4) is 0 Å². The van der Waals surface area contributed by atoms with Gasteiger partial charge in [-0.15, -0.1) is 0 Å². The van der Waals surface area contributed by atoms with Gasteiger partial charge in [0.15, 0.2) is 0 Å². The average molecular weight is 273 g/mol. The zero-order valence-corrected chi connectivity index (χ0v) is 11.1. The number of hydrogen-bond acceptors (Lipinski definition) is 5. The van der Waals surface area contributed by atoms with E-state index in [-0.39, 0.29) is 5.69 Å². The Labute approximate surface area is 116 Å². The van der Waals surface area contributed by atoms with E-state index >= 15 is 0 Å². The van der Waals surface area contributed by atoms with Gasteiger partial charge in [-0.3, -0.25) is 10.1 Å². The Bertz CT molecular complexity index is 602. The minimum absolute atomic E-state index is 0.00772. The van der Waals surface area contributed by atoms with Crippen LogP contribution in [0.1, 0.15) is 12.5 Å². The molecule has 1 N–H and O–H groups in total. The van der Waals surface area contributed by atoms with Crippen molar-refractivity contribution >= 4 is 5.69 Å². The van der Waals surface area contributed by atoms with Crippen LogP contribution >= 0.6 is 0 Å². The molecule has 0 atom stereocenters. The fraction of sp³-hybridized carbons (Fsp3) is 0.214. The molecule has 6 heteroatoms. The molecule has 0 saturated heterocycles. The van der Waals surface area contributed by atoms with Crippen molar-refractivity contribution in [1.29, 1.82) is 0 Å². The molecule has 6 nitrogen and oxygen atoms in total. The lowest BCUT2D eigenvalue weighted by atomic mass is 10.2. The molecule has 0 aliphatic carbocycles. The monoisotopic (exact) mass is 273 g/mol. The van der Waals surface area contributed by atoms with Gasteiger partial charge in [-0.1, -0.05) is 19.1 Å². The summed E-state index contributed by atoms with van der Waals surface area (Å²) in [6, 6.07) is 9.78. The molecular formula is C14H15N3O3. The maximum atomic E-state index is 10.7. The number of hydrogen-bond donors (Lipinski definition) is 1. The summed E-state index contributed by atoms with van der Waals surface area (Å²) in [5.74, 6) is 0.851. The van der Waals surface area contributed by atoms with Crippen molar-refractivity contribution in [2.45, 2.75) is 13.5 Å². The van der Waals surface area contributed by atoms with Crippen molar-refractivity contribution < 1.29 is 9.66 Å². The molecule has 2 rings (SSSR count). The van der Waals surface area contributed by atoms with Gasteiger partial charge in [-0.05, 0) is 18.7 Å². The summed E-state index contributed by atoms with van der Waals surface area (Å²) in [5.41, 5.74) is 0.896. The van der Waals surface area contributed by atoms with E-state index < -0.39 is 4.92 Å². The maximum absolute atomic E-state index is 10.7. The third kappa shape index (κ3) is 3.52. The second-order valence-electron chi connectivity index (χ2n) is 4.10. The van der Waals surface area contributed by atoms with Crippen LogP contribution < -0.4 is 10.1 Å². The minimum Gasteiger partial charge on any atom is -0.438 e. The highest BCUT2D eigenvalue weighted by molar-refractivity contribution is 5.40. The molecule has 0 saturated carbocycles. The molecule has 2 aromatic rings. The van der Waals surface area contributed by atoms with Crippen LogP contribution in [0.25, 0.3) is 0 Å². The van der Waals surface area contributed by atoms with Crippen LogP contribution in [0.4, 0.5) is 5.69 Å². The molecule has 1 heterocycles. The van der Waals surface area contributed by atoms with Crippen LogP contribution in [-0.4, -0.2) is 16.5 Å². The van der Waals surface area contributed by atoms with Crippen LogP contribution in [-0.2, 0) is 6.54 Å². The summed E-state index contributed by atoms with van der Waals surface area (Å²) in [4.78, 5) is 14.5. The van der Waals surface area contributed by atoms with E-state index in [4.69, 9.17) is 4.74 Å². The number of nitrogens with one attached hydrogen (secondary N) is 1. The molecule has 1 aromatic carbocycles. The third-order valence-electron chi connectivity index (χ3n) is 2.66. The molecule has 0 aliphatic heterocycles. The van der Waals surface area contributed by atoms with Crippen molar-refractivity contribution in [3.05, 3.63) is 58.3 Å². The number of nitrogens with zero attached hydrogens (tertiary/aromatic N) is 2. The third-order valence-corrected chi connectivity index (χ3v) is 2.66. The summed E-state index contributed by atoms with van der Waals surface area (Å²) in [6.07, 6.45) is 1.63. The second kappa shape index (κ2) is 6.63. The van der Waals surface area contributed by atoms with E-state index in [9.17, 15) is 10.1 Å². The lowest BCUT2D eigenvalue weighted by Gasteiger charge is -2.09. The van der Waals surface area contributed by atoms with Crippen molar-refractivity contribution in [2.75, 3.05) is 6.54 Å². The molecule has 0 bridgehead atoms. The number of non-ortho nitro benzene ring substituents is 1. The van der Waals surface area contributed by atoms with E-state index in [0.717, 1.165) is 12.1 Å². The Hall–Kier alpha value is -2.47. The molecule has 20 heavy (non-hydrogen) atoms. The number of pyridine rings is 1. The van der Waals surface area contributed by atoms with Gasteiger partial charge in [0.25, 0.3) is 5.69 Å². The molecule has 0 radical (unpaired) electrons. The van der Waals surface area contributed by atoms with Crippen LogP contribution in [0.5, 0.6) is 11.6 Å². The summed E-state index contributed by atoms with van der Waals surface area (Å²) in [5, 5.41) is 13.9. The fourth-order valence-corrected chi connectivity index (χ4v) is 1.68. The predicted molar refractivity (Wildman–Crippen MR) is 74.8 cm³/mol. The smallest absolute Gasteiger partial charge is 0.273 e. The van der Waals surface area contributed by atoms with Gasteiger partial charge in [0.05, 0.1) is 11.0 Å². The minimum atomic E-state index is -0.454. The lowest BCUT2D eigenvalue weighted by Crippen LogP contribution is -2.12. The van der Waals surface area contributed by atoms with Crippen LogP contribution in [0.2, 0.25) is 0 Å². The standard InChI is InChI=1S/C14H15N3O3/c1-2-15-10-11-5-4-8-16-14(11)20-13-7-3-6-12(9-13)17(18)19/h3-9,15H,2,10H2,1H3. The van der Waals surface area contributed by atoms with E-state index in [2.05, 4.69) is 10.3 Å². The second-order valence-corrected chi connectivity index (χ2v) is 4.10. The Morgan fingerprint density at radius 2 is 2.20 bits per heavy atom. The van der Waals surface area contributed by atoms with E-state index in [1.807, 2.05) is 19.1 Å². The SMILES string of the molecule is CCNCc1cccnc1Oc1cccc([N+](=O)[O-])c1. The quantitative estimate of drug-likeness (QED) is 0.646. The number of aromatic nitrogens is 1. The Kier molecular flexibility index (Phi) is 4.62. The summed E-state index contributed by atoms with van der Waals surface area (Å²) >= 11 is 0. The Morgan fingerprint density at radius 1 is 1.35 bits per heavy atom. The Balaban J connectivity index is 2.21. The topological polar surface area (TPSA) is 77.3 Å². The van der Waals surface area contributed by atoms with Crippen LogP contribution in [0.15, 0.2) is 42.6 Å². The zero-order chi connectivity index (χ0) is 14.4. The number of ether oxygens (including phenoxy) is 1. The van der Waals surface area contributed by atoms with Crippen molar-refractivity contribution in [3.8, 4) is 11.6 Å². The Morgan fingerprint density at radius 3 is 2.95 bits per heavy atom. The number of nitro groups is 1. The van der Waals surface area contributed by atoms with E-state index in [1.165, 1.54) is 12.1 Å². The van der Waals surface area contributed by atoms with Crippen molar-refractivity contribution in [2.24, 2.45) is 0 Å². The fourth-order valence-electron chi connectivity index (χ4n) is 1.68. The van der Waals surface area contributed by atoms with E-state index in [0.29, 0.717) is 18.2 Å². The molecule has 104 valence electrons. The number of rotatable bonds is 6. The van der Waals surface area contributed by atoms with Gasteiger partial charge in [0.2, 0.25) is 5.88 Å². The number of nitro benzene ring substituents is 1. The largest absolute Gasteiger partial charge is 0.438 e. The van der Waals surface area contributed by atoms with Gasteiger partial charge in [0, 0.05) is 24.4 Å². The molecule has 0 amide bonds. The maximum Gasteiger partial charge on any atom is 0.273 e. The predicted octanol–water partition coefficient (Wildman–Crippen LogP) is 2.89. The zero-order valence-electron chi connectivity index (χ0n) is 11.1. The first kappa shape index (κ1) is 14.0. The molecule has 0 spiro atoms. The molecule has 0 fully saturated rings. The number of benzene rings is 1. The first-order valence-corrected chi connectivity index (χ1v) is 6.27. The van der Waals surface area contributed by atoms with Crippen molar-refractivity contribution in [1.82, 2.24) is 10.3 Å². The van der Waals surface area contributed by atoms with Crippen molar-refractivity contribution in [3.63, 3.8) is 0 Å². The highest BCUT2D eigenvalue weighted by Gasteiger charge is 2.09. The van der Waals surface area contributed by atoms with Crippen LogP contribution in [0, 0.1) is 10.1 Å². The summed E-state index contributed by atoms with van der Waals surface area (Å²) in [7, 11) is 0. The van der Waals surface area contributed by atoms with E-state index in [1.54, 1.807) is 18.3 Å². The molecule has 0 aliphatic rings. The van der Waals surface area contributed by atoms with Gasteiger partial charge in [0.1, 0.15) is 5.75 Å². The molecular weight excluding hydrogens is 258 g/mol. The van der Waals surface area contributed by atoms with Gasteiger partial charge in [-0.2, -0.15) is 0 Å². The first-order chi connectivity index (χ1) is 9.70. The highest BCUT2D eigenvalue weighted by Crippen LogP contribution is 2.25. The van der Waals surface area contributed by atoms with Gasteiger partial charge >= 0.3 is 0 Å². The lowest BCUT2D eigenvalue weighted by molar-refractivity contribution is -0.384. The normalized spacial score (nSPS) is 10.2. The molecule has 1 aromatic heterocycles.